The van der Waals surface area contributed by atoms with Gasteiger partial charge in [-0.3, -0.25) is 19.3 Å². The molecule has 9 nitrogen and oxygen atoms in total. The summed E-state index contributed by atoms with van der Waals surface area (Å²) in [4.78, 5) is 49.4. The maximum atomic E-state index is 15.0. The molecule has 0 spiro atoms. The monoisotopic (exact) mass is 433 g/mol. The second-order valence-corrected chi connectivity index (χ2v) is 7.31. The van der Waals surface area contributed by atoms with Gasteiger partial charge in [0.25, 0.3) is 5.91 Å². The molecule has 166 valence electrons. The molecule has 2 aliphatic heterocycles. The summed E-state index contributed by atoms with van der Waals surface area (Å²) >= 11 is 0. The van der Waals surface area contributed by atoms with E-state index in [1.54, 1.807) is 12.1 Å². The van der Waals surface area contributed by atoms with Crippen LogP contribution >= 0.6 is 0 Å². The van der Waals surface area contributed by atoms with Crippen LogP contribution in [0.4, 0.5) is 14.9 Å². The van der Waals surface area contributed by atoms with Crippen molar-refractivity contribution in [2.45, 2.75) is 32.4 Å². The Labute approximate surface area is 178 Å². The number of cyclic esters (lactones) is 1. The minimum atomic E-state index is -0.624. The van der Waals surface area contributed by atoms with Gasteiger partial charge < -0.3 is 19.7 Å². The fourth-order valence-corrected chi connectivity index (χ4v) is 3.53. The van der Waals surface area contributed by atoms with Crippen molar-refractivity contribution in [1.29, 1.82) is 0 Å². The maximum Gasteiger partial charge on any atom is 0.414 e. The summed E-state index contributed by atoms with van der Waals surface area (Å²) in [6, 6.07) is 3.80. The highest BCUT2D eigenvalue weighted by atomic mass is 19.1. The predicted octanol–water partition coefficient (Wildman–Crippen LogP) is 1.68. The van der Waals surface area contributed by atoms with Crippen LogP contribution in [0, 0.1) is 5.82 Å². The molecule has 0 saturated carbocycles. The Morgan fingerprint density at radius 3 is 2.71 bits per heavy atom. The van der Waals surface area contributed by atoms with E-state index in [4.69, 9.17) is 9.47 Å². The number of ether oxygens (including phenoxy) is 2. The zero-order chi connectivity index (χ0) is 22.5. The minimum absolute atomic E-state index is 0.173. The largest absolute Gasteiger partial charge is 0.456 e. The molecule has 1 unspecified atom stereocenters. The minimum Gasteiger partial charge on any atom is -0.456 e. The fourth-order valence-electron chi connectivity index (χ4n) is 3.53. The number of nitrogens with one attached hydrogen (secondary N) is 1. The number of esters is 1. The van der Waals surface area contributed by atoms with Gasteiger partial charge in [0, 0.05) is 26.0 Å². The van der Waals surface area contributed by atoms with E-state index in [0.717, 1.165) is 0 Å². The molecule has 2 aliphatic rings. The molecule has 3 amide bonds. The number of anilines is 1. The predicted molar refractivity (Wildman–Crippen MR) is 108 cm³/mol. The Morgan fingerprint density at radius 2 is 2.03 bits per heavy atom. The molecule has 0 radical (unpaired) electrons. The number of carbonyl (C=O) groups is 4. The lowest BCUT2D eigenvalue weighted by Crippen LogP contribution is -2.39. The van der Waals surface area contributed by atoms with E-state index < -0.39 is 42.5 Å². The number of carbonyl (C=O) groups excluding carboxylic acids is 4. The van der Waals surface area contributed by atoms with E-state index >= 15 is 4.39 Å². The summed E-state index contributed by atoms with van der Waals surface area (Å²) in [5, 5.41) is 2.58. The molecule has 0 aromatic heterocycles. The lowest BCUT2D eigenvalue weighted by atomic mass is 9.98. The number of rotatable bonds is 6. The molecule has 2 atom stereocenters. The van der Waals surface area contributed by atoms with Crippen LogP contribution in [0.2, 0.25) is 0 Å². The van der Waals surface area contributed by atoms with Gasteiger partial charge in [0.1, 0.15) is 11.9 Å². The summed E-state index contributed by atoms with van der Waals surface area (Å²) in [7, 11) is 0. The van der Waals surface area contributed by atoms with Crippen LogP contribution in [0.15, 0.2) is 30.4 Å². The summed E-state index contributed by atoms with van der Waals surface area (Å²) in [5.41, 5.74) is 0.618. The summed E-state index contributed by atoms with van der Waals surface area (Å²) in [5.74, 6) is -1.79. The van der Waals surface area contributed by atoms with Gasteiger partial charge in [0.15, 0.2) is 6.61 Å². The molecular weight excluding hydrogens is 409 g/mol. The van der Waals surface area contributed by atoms with Gasteiger partial charge in [-0.15, -0.1) is 0 Å². The molecule has 1 saturated heterocycles. The van der Waals surface area contributed by atoms with E-state index in [-0.39, 0.29) is 25.5 Å². The molecule has 3 rings (SSSR count). The molecule has 10 heteroatoms. The van der Waals surface area contributed by atoms with Crippen molar-refractivity contribution in [1.82, 2.24) is 10.2 Å². The summed E-state index contributed by atoms with van der Waals surface area (Å²) < 4.78 is 25.0. The molecule has 31 heavy (non-hydrogen) atoms. The van der Waals surface area contributed by atoms with Crippen molar-refractivity contribution in [2.75, 3.05) is 31.1 Å². The van der Waals surface area contributed by atoms with Crippen LogP contribution in [0.1, 0.15) is 31.9 Å². The first-order valence-electron chi connectivity index (χ1n) is 9.86. The molecule has 0 aliphatic carbocycles. The average Bonchev–Trinajstić information content (AvgIpc) is 3.11. The van der Waals surface area contributed by atoms with Gasteiger partial charge in [0.2, 0.25) is 5.91 Å². The standard InChI is InChI=1S/C21H24FN3O6/c1-13(26)23-10-16-11-25(21(29)31-16)15-6-7-17(18(22)9-15)19-5-3-4-8-24(19)20(28)12-30-14(2)27/h3-4,6-7,9,16,19H,5,8,10-12H2,1-2H3,(H,23,26)/t16-,19?/m0/s1. The van der Waals surface area contributed by atoms with Crippen LogP contribution in [-0.4, -0.2) is 61.1 Å². The third kappa shape index (κ3) is 5.39. The van der Waals surface area contributed by atoms with Gasteiger partial charge in [-0.05, 0) is 18.6 Å². The number of hydrogen-bond acceptors (Lipinski definition) is 6. The molecule has 0 bridgehead atoms. The van der Waals surface area contributed by atoms with Crippen LogP contribution in [-0.2, 0) is 23.9 Å². The fraction of sp³-hybridized carbons (Fsp3) is 0.429. The summed E-state index contributed by atoms with van der Waals surface area (Å²) in [6.07, 6.45) is 2.91. The first-order valence-corrected chi connectivity index (χ1v) is 9.86. The zero-order valence-electron chi connectivity index (χ0n) is 17.3. The van der Waals surface area contributed by atoms with E-state index in [1.807, 2.05) is 6.08 Å². The third-order valence-electron chi connectivity index (χ3n) is 5.03. The first-order chi connectivity index (χ1) is 14.8. The Morgan fingerprint density at radius 1 is 1.26 bits per heavy atom. The number of hydrogen-bond donors (Lipinski definition) is 1. The molecule has 1 aromatic carbocycles. The van der Waals surface area contributed by atoms with Crippen molar-refractivity contribution in [3.8, 4) is 0 Å². The third-order valence-corrected chi connectivity index (χ3v) is 5.03. The van der Waals surface area contributed by atoms with Crippen LogP contribution in [0.25, 0.3) is 0 Å². The Balaban J connectivity index is 1.74. The van der Waals surface area contributed by atoms with Crippen molar-refractivity contribution in [2.24, 2.45) is 0 Å². The first kappa shape index (κ1) is 22.3. The molecular formula is C21H24FN3O6. The second-order valence-electron chi connectivity index (χ2n) is 7.31. The Bertz CT molecular complexity index is 918. The molecule has 1 fully saturated rings. The van der Waals surface area contributed by atoms with E-state index in [2.05, 4.69) is 5.32 Å². The van der Waals surface area contributed by atoms with Crippen LogP contribution < -0.4 is 10.2 Å². The highest BCUT2D eigenvalue weighted by Crippen LogP contribution is 2.32. The summed E-state index contributed by atoms with van der Waals surface area (Å²) in [6.45, 7) is 2.79. The number of nitrogens with zero attached hydrogens (tertiary/aromatic N) is 2. The number of benzene rings is 1. The van der Waals surface area contributed by atoms with E-state index in [9.17, 15) is 19.2 Å². The molecule has 1 aromatic rings. The molecule has 1 N–H and O–H groups in total. The van der Waals surface area contributed by atoms with E-state index in [1.165, 1.54) is 35.8 Å². The van der Waals surface area contributed by atoms with Crippen LogP contribution in [0.3, 0.4) is 0 Å². The van der Waals surface area contributed by atoms with Crippen LogP contribution in [0.5, 0.6) is 0 Å². The average molecular weight is 433 g/mol. The second kappa shape index (κ2) is 9.59. The topological polar surface area (TPSA) is 105 Å². The lowest BCUT2D eigenvalue weighted by Gasteiger charge is -2.33. The van der Waals surface area contributed by atoms with Gasteiger partial charge >= 0.3 is 12.1 Å². The smallest absolute Gasteiger partial charge is 0.414 e. The van der Waals surface area contributed by atoms with Gasteiger partial charge in [-0.2, -0.15) is 0 Å². The van der Waals surface area contributed by atoms with Gasteiger partial charge in [0.05, 0.1) is 24.8 Å². The highest BCUT2D eigenvalue weighted by molar-refractivity contribution is 5.90. The quantitative estimate of drug-likeness (QED) is 0.541. The number of amides is 3. The van der Waals surface area contributed by atoms with Crippen molar-refractivity contribution < 1.29 is 33.0 Å². The van der Waals surface area contributed by atoms with E-state index in [0.29, 0.717) is 17.7 Å². The van der Waals surface area contributed by atoms with Crippen molar-refractivity contribution in [3.05, 3.63) is 41.7 Å². The lowest BCUT2D eigenvalue weighted by molar-refractivity contribution is -0.151. The van der Waals surface area contributed by atoms with Crippen molar-refractivity contribution >= 4 is 29.6 Å². The SMILES string of the molecule is CC(=O)NC[C@H]1CN(c2ccc(C3CC=CCN3C(=O)COC(C)=O)c(F)c2)C(=O)O1. The van der Waals surface area contributed by atoms with Gasteiger partial charge in [-0.25, -0.2) is 9.18 Å². The Hall–Kier alpha value is -3.43. The normalized spacial score (nSPS) is 20.4. The highest BCUT2D eigenvalue weighted by Gasteiger charge is 2.34. The maximum absolute atomic E-state index is 15.0. The van der Waals surface area contributed by atoms with Crippen molar-refractivity contribution in [3.63, 3.8) is 0 Å². The van der Waals surface area contributed by atoms with Gasteiger partial charge in [-0.1, -0.05) is 18.2 Å². The zero-order valence-corrected chi connectivity index (χ0v) is 17.3. The molecule has 2 heterocycles. The number of halogens is 1. The Kier molecular flexibility index (Phi) is 6.88.